The number of hydrogen-bond donors (Lipinski definition) is 1. The molecular formula is C20H27N7S2. The number of hydrogen-bond acceptors (Lipinski definition) is 8. The SMILES string of the molecule is CCCCCCCCSc1nsc(N=Nc2c(C)nn(-c3ccccc3)c2N)n1. The minimum absolute atomic E-state index is 0.458. The number of nitrogens with zero attached hydrogens (tertiary/aromatic N) is 6. The summed E-state index contributed by atoms with van der Waals surface area (Å²) in [7, 11) is 0. The summed E-state index contributed by atoms with van der Waals surface area (Å²) in [4.78, 5) is 4.44. The van der Waals surface area contributed by atoms with Crippen molar-refractivity contribution in [3.05, 3.63) is 36.0 Å². The first-order chi connectivity index (χ1) is 14.2. The number of para-hydroxylation sites is 1. The van der Waals surface area contributed by atoms with E-state index in [4.69, 9.17) is 5.73 Å². The van der Waals surface area contributed by atoms with Crippen LogP contribution in [0.1, 0.15) is 51.1 Å². The number of unbranched alkanes of at least 4 members (excludes halogenated alkanes) is 5. The van der Waals surface area contributed by atoms with Gasteiger partial charge in [-0.15, -0.1) is 10.2 Å². The van der Waals surface area contributed by atoms with Crippen molar-refractivity contribution >= 4 is 39.9 Å². The van der Waals surface area contributed by atoms with Crippen molar-refractivity contribution in [3.63, 3.8) is 0 Å². The zero-order chi connectivity index (χ0) is 20.5. The van der Waals surface area contributed by atoms with E-state index in [1.807, 2.05) is 37.3 Å². The Morgan fingerprint density at radius 2 is 1.83 bits per heavy atom. The number of azo groups is 1. The third-order valence-electron chi connectivity index (χ3n) is 4.43. The third kappa shape index (κ3) is 6.11. The van der Waals surface area contributed by atoms with Crippen LogP contribution in [-0.4, -0.2) is 24.9 Å². The van der Waals surface area contributed by atoms with E-state index < -0.39 is 0 Å². The average Bonchev–Trinajstić information content (AvgIpc) is 3.30. The summed E-state index contributed by atoms with van der Waals surface area (Å²) in [6, 6.07) is 9.73. The van der Waals surface area contributed by atoms with Crippen molar-refractivity contribution in [2.45, 2.75) is 57.5 Å². The molecule has 0 atom stereocenters. The summed E-state index contributed by atoms with van der Waals surface area (Å²) in [5.74, 6) is 1.50. The van der Waals surface area contributed by atoms with Gasteiger partial charge < -0.3 is 5.73 Å². The topological polar surface area (TPSA) is 94.3 Å². The van der Waals surface area contributed by atoms with Crippen LogP contribution in [-0.2, 0) is 0 Å². The highest BCUT2D eigenvalue weighted by Crippen LogP contribution is 2.31. The highest BCUT2D eigenvalue weighted by Gasteiger charge is 2.14. The molecule has 1 aromatic carbocycles. The lowest BCUT2D eigenvalue weighted by Crippen LogP contribution is -2.01. The van der Waals surface area contributed by atoms with Crippen molar-refractivity contribution in [3.8, 4) is 5.69 Å². The molecule has 9 heteroatoms. The summed E-state index contributed by atoms with van der Waals surface area (Å²) >= 11 is 2.93. The minimum Gasteiger partial charge on any atom is -0.382 e. The Balaban J connectivity index is 1.55. The van der Waals surface area contributed by atoms with Crippen molar-refractivity contribution < 1.29 is 0 Å². The number of nitrogen functional groups attached to an aromatic ring is 1. The smallest absolute Gasteiger partial charge is 0.250 e. The van der Waals surface area contributed by atoms with Gasteiger partial charge in [0.1, 0.15) is 0 Å². The van der Waals surface area contributed by atoms with Gasteiger partial charge in [-0.3, -0.25) is 0 Å². The Labute approximate surface area is 180 Å². The fourth-order valence-electron chi connectivity index (χ4n) is 2.87. The Kier molecular flexibility index (Phi) is 8.18. The average molecular weight is 430 g/mol. The highest BCUT2D eigenvalue weighted by molar-refractivity contribution is 7.99. The molecular weight excluding hydrogens is 402 g/mol. The van der Waals surface area contributed by atoms with Gasteiger partial charge in [0.25, 0.3) is 0 Å². The lowest BCUT2D eigenvalue weighted by Gasteiger charge is -2.02. The van der Waals surface area contributed by atoms with Crippen molar-refractivity contribution in [1.82, 2.24) is 19.1 Å². The van der Waals surface area contributed by atoms with E-state index in [1.165, 1.54) is 50.1 Å². The van der Waals surface area contributed by atoms with Crippen LogP contribution in [0.4, 0.5) is 16.6 Å². The fraction of sp³-hybridized carbons (Fsp3) is 0.450. The van der Waals surface area contributed by atoms with Crippen LogP contribution >= 0.6 is 23.3 Å². The number of rotatable bonds is 11. The molecule has 2 heterocycles. The first kappa shape index (κ1) is 21.4. The molecule has 0 aliphatic rings. The third-order valence-corrected chi connectivity index (χ3v) is 6.08. The maximum absolute atomic E-state index is 6.24. The zero-order valence-corrected chi connectivity index (χ0v) is 18.5. The Morgan fingerprint density at radius 3 is 2.62 bits per heavy atom. The first-order valence-corrected chi connectivity index (χ1v) is 11.7. The minimum atomic E-state index is 0.458. The molecule has 0 amide bonds. The van der Waals surface area contributed by atoms with Gasteiger partial charge in [-0.1, -0.05) is 69.0 Å². The van der Waals surface area contributed by atoms with Crippen molar-refractivity contribution in [2.75, 3.05) is 11.5 Å². The summed E-state index contributed by atoms with van der Waals surface area (Å²) in [5.41, 5.74) is 8.41. The molecule has 0 bridgehead atoms. The van der Waals surface area contributed by atoms with E-state index in [0.29, 0.717) is 16.6 Å². The highest BCUT2D eigenvalue weighted by atomic mass is 32.2. The molecule has 0 spiro atoms. The molecule has 0 radical (unpaired) electrons. The van der Waals surface area contributed by atoms with Gasteiger partial charge in [-0.25, -0.2) is 4.68 Å². The van der Waals surface area contributed by atoms with Crippen LogP contribution in [0.3, 0.4) is 0 Å². The maximum Gasteiger partial charge on any atom is 0.250 e. The van der Waals surface area contributed by atoms with Crippen molar-refractivity contribution in [1.29, 1.82) is 0 Å². The Bertz CT molecular complexity index is 918. The van der Waals surface area contributed by atoms with Gasteiger partial charge >= 0.3 is 0 Å². The lowest BCUT2D eigenvalue weighted by atomic mass is 10.1. The maximum atomic E-state index is 6.24. The molecule has 7 nitrogen and oxygen atoms in total. The zero-order valence-electron chi connectivity index (χ0n) is 16.9. The van der Waals surface area contributed by atoms with Crippen LogP contribution in [0, 0.1) is 6.92 Å². The van der Waals surface area contributed by atoms with Gasteiger partial charge in [0.15, 0.2) is 11.5 Å². The lowest BCUT2D eigenvalue weighted by molar-refractivity contribution is 0.627. The van der Waals surface area contributed by atoms with Gasteiger partial charge in [0.05, 0.1) is 11.4 Å². The van der Waals surface area contributed by atoms with E-state index in [9.17, 15) is 0 Å². The Morgan fingerprint density at radius 1 is 1.07 bits per heavy atom. The second-order valence-corrected chi connectivity index (χ2v) is 8.53. The van der Waals surface area contributed by atoms with E-state index >= 15 is 0 Å². The molecule has 2 N–H and O–H groups in total. The normalized spacial score (nSPS) is 11.5. The molecule has 0 saturated heterocycles. The molecule has 3 rings (SSSR count). The fourth-order valence-corrected chi connectivity index (χ4v) is 4.33. The van der Waals surface area contributed by atoms with Gasteiger partial charge in [0.2, 0.25) is 10.3 Å². The van der Waals surface area contributed by atoms with Crippen LogP contribution in [0.25, 0.3) is 5.69 Å². The van der Waals surface area contributed by atoms with E-state index in [1.54, 1.807) is 16.4 Å². The van der Waals surface area contributed by atoms with Gasteiger partial charge in [-0.2, -0.15) is 14.5 Å². The number of anilines is 1. The van der Waals surface area contributed by atoms with Crippen LogP contribution < -0.4 is 5.73 Å². The molecule has 0 aliphatic carbocycles. The number of benzene rings is 1. The standard InChI is InChI=1S/C20H27N7S2/c1-3-4-5-6-7-11-14-28-20-22-19(29-26-20)24-23-17-15(2)25-27(18(17)21)16-12-9-8-10-13-16/h8-10,12-13H,3-7,11,14,21H2,1-2H3. The molecule has 29 heavy (non-hydrogen) atoms. The van der Waals surface area contributed by atoms with Gasteiger partial charge in [-0.05, 0) is 25.5 Å². The van der Waals surface area contributed by atoms with Gasteiger partial charge in [0, 0.05) is 17.3 Å². The number of thioether (sulfide) groups is 1. The second-order valence-electron chi connectivity index (χ2n) is 6.74. The quantitative estimate of drug-likeness (QED) is 0.214. The summed E-state index contributed by atoms with van der Waals surface area (Å²) in [6.07, 6.45) is 7.74. The predicted molar refractivity (Wildman–Crippen MR) is 121 cm³/mol. The van der Waals surface area contributed by atoms with Crippen LogP contribution in [0.5, 0.6) is 0 Å². The van der Waals surface area contributed by atoms with E-state index in [2.05, 4.69) is 31.6 Å². The summed E-state index contributed by atoms with van der Waals surface area (Å²) in [6.45, 7) is 4.11. The van der Waals surface area contributed by atoms with Crippen LogP contribution in [0.15, 0.2) is 45.7 Å². The Hall–Kier alpha value is -2.26. The van der Waals surface area contributed by atoms with Crippen LogP contribution in [0.2, 0.25) is 0 Å². The number of aryl methyl sites for hydroxylation is 1. The monoisotopic (exact) mass is 429 g/mol. The molecule has 0 fully saturated rings. The predicted octanol–water partition coefficient (Wildman–Crippen LogP) is 6.48. The number of aromatic nitrogens is 4. The summed E-state index contributed by atoms with van der Waals surface area (Å²) in [5, 5.41) is 14.3. The number of nitrogens with two attached hydrogens (primary N) is 1. The molecule has 154 valence electrons. The largest absolute Gasteiger partial charge is 0.382 e. The molecule has 0 aliphatic heterocycles. The molecule has 2 aromatic heterocycles. The first-order valence-electron chi connectivity index (χ1n) is 9.97. The molecule has 3 aromatic rings. The molecule has 0 saturated carbocycles. The molecule has 0 unspecified atom stereocenters. The second kappa shape index (κ2) is 11.1. The van der Waals surface area contributed by atoms with E-state index in [0.717, 1.165) is 22.3 Å². The summed E-state index contributed by atoms with van der Waals surface area (Å²) < 4.78 is 6.03. The van der Waals surface area contributed by atoms with Crippen molar-refractivity contribution in [2.24, 2.45) is 10.2 Å². The van der Waals surface area contributed by atoms with E-state index in [-0.39, 0.29) is 0 Å².